The molecule has 0 saturated heterocycles. The van der Waals surface area contributed by atoms with Gasteiger partial charge in [0.25, 0.3) is 0 Å². The summed E-state index contributed by atoms with van der Waals surface area (Å²) in [5, 5.41) is 10.7. The number of allylic oxidation sites excluding steroid dienone is 1. The van der Waals surface area contributed by atoms with Gasteiger partial charge in [-0.1, -0.05) is 58.6 Å². The van der Waals surface area contributed by atoms with Crippen LogP contribution in [-0.2, 0) is 9.53 Å². The molecule has 1 N–H and O–H groups in total. The molecular weight excluding hydrogens is 300 g/mol. The normalized spacial score (nSPS) is 24.8. The number of aliphatic hydroxyl groups is 1. The average Bonchev–Trinajstić information content (AvgIpc) is 2.51. The predicted molar refractivity (Wildman–Crippen MR) is 99.8 cm³/mol. The van der Waals surface area contributed by atoms with E-state index >= 15 is 0 Å². The van der Waals surface area contributed by atoms with Gasteiger partial charge in [0.05, 0.1) is 18.6 Å². The number of hydrogen-bond acceptors (Lipinski definition) is 3. The Kier molecular flexibility index (Phi) is 9.04. The first-order chi connectivity index (χ1) is 11.3. The van der Waals surface area contributed by atoms with Crippen LogP contribution in [0.1, 0.15) is 86.0 Å². The summed E-state index contributed by atoms with van der Waals surface area (Å²) in [5.41, 5.74) is 0.320. The molecule has 0 heterocycles. The highest BCUT2D eigenvalue weighted by Crippen LogP contribution is 2.34. The van der Waals surface area contributed by atoms with E-state index in [0.717, 1.165) is 31.1 Å². The van der Waals surface area contributed by atoms with Crippen molar-refractivity contribution in [3.63, 3.8) is 0 Å². The highest BCUT2D eigenvalue weighted by atomic mass is 16.5. The molecule has 0 saturated carbocycles. The fourth-order valence-electron chi connectivity index (χ4n) is 3.69. The number of esters is 1. The van der Waals surface area contributed by atoms with Crippen LogP contribution in [-0.4, -0.2) is 23.3 Å². The van der Waals surface area contributed by atoms with Gasteiger partial charge in [0.1, 0.15) is 0 Å². The van der Waals surface area contributed by atoms with Crippen molar-refractivity contribution in [3.8, 4) is 0 Å². The van der Waals surface area contributed by atoms with Crippen LogP contribution in [0.25, 0.3) is 0 Å². The Labute approximate surface area is 148 Å². The Hall–Kier alpha value is -0.830. The lowest BCUT2D eigenvalue weighted by atomic mass is 9.80. The second-order valence-electron chi connectivity index (χ2n) is 7.99. The quantitative estimate of drug-likeness (QED) is 0.436. The molecule has 0 aliphatic heterocycles. The van der Waals surface area contributed by atoms with Gasteiger partial charge in [0.2, 0.25) is 0 Å². The minimum Gasteiger partial charge on any atom is -0.466 e. The second kappa shape index (κ2) is 10.2. The topological polar surface area (TPSA) is 46.5 Å². The second-order valence-corrected chi connectivity index (χ2v) is 7.99. The number of rotatable bonds is 10. The summed E-state index contributed by atoms with van der Waals surface area (Å²) in [6, 6.07) is 0. The van der Waals surface area contributed by atoms with Crippen LogP contribution in [0, 0.1) is 17.8 Å². The molecule has 140 valence electrons. The molecule has 0 spiro atoms. The minimum atomic E-state index is -0.996. The first-order valence-electron chi connectivity index (χ1n) is 9.88. The third kappa shape index (κ3) is 7.38. The zero-order valence-electron chi connectivity index (χ0n) is 16.4. The predicted octanol–water partition coefficient (Wildman–Crippen LogP) is 5.27. The van der Waals surface area contributed by atoms with E-state index in [9.17, 15) is 9.90 Å². The third-order valence-corrected chi connectivity index (χ3v) is 5.68. The van der Waals surface area contributed by atoms with Gasteiger partial charge in [-0.15, -0.1) is 0 Å². The average molecular weight is 339 g/mol. The lowest BCUT2D eigenvalue weighted by molar-refractivity contribution is -0.147. The Morgan fingerprint density at radius 3 is 2.58 bits per heavy atom. The largest absolute Gasteiger partial charge is 0.466 e. The molecule has 0 radical (unpaired) electrons. The number of ether oxygens (including phenoxy) is 1. The van der Waals surface area contributed by atoms with Crippen molar-refractivity contribution < 1.29 is 14.6 Å². The van der Waals surface area contributed by atoms with Crippen LogP contribution in [0.15, 0.2) is 11.6 Å². The summed E-state index contributed by atoms with van der Waals surface area (Å²) in [5.74, 6) is 1.90. The maximum Gasteiger partial charge on any atom is 0.309 e. The fourth-order valence-corrected chi connectivity index (χ4v) is 3.69. The summed E-state index contributed by atoms with van der Waals surface area (Å²) in [7, 11) is 0. The zero-order valence-corrected chi connectivity index (χ0v) is 16.4. The van der Waals surface area contributed by atoms with Gasteiger partial charge in [0, 0.05) is 0 Å². The van der Waals surface area contributed by atoms with Crippen LogP contribution in [0.2, 0.25) is 0 Å². The van der Waals surface area contributed by atoms with E-state index in [1.807, 2.05) is 6.08 Å². The van der Waals surface area contributed by atoms with Crippen molar-refractivity contribution in [1.82, 2.24) is 0 Å². The molecule has 1 aliphatic rings. The van der Waals surface area contributed by atoms with E-state index < -0.39 is 5.60 Å². The van der Waals surface area contributed by atoms with Crippen LogP contribution in [0.5, 0.6) is 0 Å². The van der Waals surface area contributed by atoms with Gasteiger partial charge < -0.3 is 9.84 Å². The highest BCUT2D eigenvalue weighted by molar-refractivity contribution is 5.71. The molecule has 3 heteroatoms. The standard InChI is InChI=1S/C21H38O3/c1-6-17(4)18(5)11-10-16(3)13-19-9-8-12-21(23,14-19)15-20(22)24-7-2/h14,16-18,23H,6-13,15H2,1-5H3. The smallest absolute Gasteiger partial charge is 0.309 e. The molecule has 0 aromatic heterocycles. The van der Waals surface area contributed by atoms with Crippen molar-refractivity contribution in [1.29, 1.82) is 0 Å². The minimum absolute atomic E-state index is 0.0871. The van der Waals surface area contributed by atoms with E-state index in [1.54, 1.807) is 6.92 Å². The first kappa shape index (κ1) is 21.2. The van der Waals surface area contributed by atoms with Crippen molar-refractivity contribution in [2.45, 2.75) is 91.6 Å². The lowest BCUT2D eigenvalue weighted by Crippen LogP contribution is -2.33. The Morgan fingerprint density at radius 2 is 1.96 bits per heavy atom. The third-order valence-electron chi connectivity index (χ3n) is 5.68. The number of hydrogen-bond donors (Lipinski definition) is 1. The molecular formula is C21H38O3. The SMILES string of the molecule is CCOC(=O)CC1(O)C=C(CC(C)CCC(C)C(C)CC)CCC1. The summed E-state index contributed by atoms with van der Waals surface area (Å²) in [6.45, 7) is 11.4. The van der Waals surface area contributed by atoms with E-state index in [1.165, 1.54) is 24.8 Å². The lowest BCUT2D eigenvalue weighted by Gasteiger charge is -2.30. The molecule has 3 nitrogen and oxygen atoms in total. The van der Waals surface area contributed by atoms with Gasteiger partial charge in [0.15, 0.2) is 0 Å². The van der Waals surface area contributed by atoms with Crippen molar-refractivity contribution in [2.24, 2.45) is 17.8 Å². The molecule has 0 amide bonds. The van der Waals surface area contributed by atoms with Gasteiger partial charge in [-0.2, -0.15) is 0 Å². The summed E-state index contributed by atoms with van der Waals surface area (Å²) in [4.78, 5) is 11.7. The fraction of sp³-hybridized carbons (Fsp3) is 0.857. The van der Waals surface area contributed by atoms with Gasteiger partial charge >= 0.3 is 5.97 Å². The maximum absolute atomic E-state index is 11.7. The molecule has 1 rings (SSSR count). The first-order valence-corrected chi connectivity index (χ1v) is 9.88. The summed E-state index contributed by atoms with van der Waals surface area (Å²) < 4.78 is 5.00. The van der Waals surface area contributed by atoms with E-state index in [0.29, 0.717) is 18.9 Å². The number of carbonyl (C=O) groups excluding carboxylic acids is 1. The Balaban J connectivity index is 2.52. The molecule has 0 fully saturated rings. The summed E-state index contributed by atoms with van der Waals surface area (Å²) >= 11 is 0. The Bertz CT molecular complexity index is 415. The van der Waals surface area contributed by atoms with E-state index in [2.05, 4.69) is 27.7 Å². The van der Waals surface area contributed by atoms with Crippen LogP contribution >= 0.6 is 0 Å². The van der Waals surface area contributed by atoms with E-state index in [-0.39, 0.29) is 12.4 Å². The maximum atomic E-state index is 11.7. The molecule has 24 heavy (non-hydrogen) atoms. The van der Waals surface area contributed by atoms with Gasteiger partial charge in [-0.25, -0.2) is 0 Å². The zero-order chi connectivity index (χ0) is 18.2. The van der Waals surface area contributed by atoms with E-state index in [4.69, 9.17) is 4.74 Å². The van der Waals surface area contributed by atoms with Gasteiger partial charge in [-0.3, -0.25) is 4.79 Å². The molecule has 4 atom stereocenters. The monoisotopic (exact) mass is 338 g/mol. The van der Waals surface area contributed by atoms with Crippen LogP contribution in [0.4, 0.5) is 0 Å². The van der Waals surface area contributed by atoms with Crippen LogP contribution in [0.3, 0.4) is 0 Å². The molecule has 0 aromatic carbocycles. The molecule has 0 bridgehead atoms. The van der Waals surface area contributed by atoms with Crippen molar-refractivity contribution in [2.75, 3.05) is 6.61 Å². The number of carbonyl (C=O) groups is 1. The van der Waals surface area contributed by atoms with Gasteiger partial charge in [-0.05, 0) is 50.4 Å². The van der Waals surface area contributed by atoms with Crippen molar-refractivity contribution in [3.05, 3.63) is 11.6 Å². The Morgan fingerprint density at radius 1 is 1.25 bits per heavy atom. The molecule has 1 aliphatic carbocycles. The highest BCUT2D eigenvalue weighted by Gasteiger charge is 2.31. The van der Waals surface area contributed by atoms with Crippen molar-refractivity contribution >= 4 is 5.97 Å². The van der Waals surface area contributed by atoms with Crippen LogP contribution < -0.4 is 0 Å². The molecule has 0 aromatic rings. The summed E-state index contributed by atoms with van der Waals surface area (Å²) in [6.07, 6.45) is 9.52. The molecule has 4 unspecified atom stereocenters.